The van der Waals surface area contributed by atoms with Crippen molar-refractivity contribution < 1.29 is 13.6 Å². The van der Waals surface area contributed by atoms with Crippen LogP contribution in [0.3, 0.4) is 0 Å². The Labute approximate surface area is 128 Å². The number of amides is 1. The Hall–Kier alpha value is -2.67. The van der Waals surface area contributed by atoms with Crippen LogP contribution in [-0.2, 0) is 0 Å². The van der Waals surface area contributed by atoms with E-state index >= 15 is 0 Å². The molecule has 3 rings (SSSR count). The number of hydrogen-bond donors (Lipinski definition) is 1. The first kappa shape index (κ1) is 14.3. The highest BCUT2D eigenvalue weighted by Crippen LogP contribution is 2.26. The average molecular weight is 317 g/mol. The number of nitrogens with zero attached hydrogens (tertiary/aromatic N) is 2. The molecule has 3 aromatic rings. The largest absolute Gasteiger partial charge is 0.296 e. The van der Waals surface area contributed by atoms with Gasteiger partial charge in [-0.05, 0) is 18.2 Å². The van der Waals surface area contributed by atoms with Crippen molar-refractivity contribution in [1.82, 2.24) is 10.2 Å². The maximum atomic E-state index is 13.5. The molecule has 1 amide bonds. The van der Waals surface area contributed by atoms with Crippen molar-refractivity contribution in [3.63, 3.8) is 0 Å². The van der Waals surface area contributed by atoms with Crippen molar-refractivity contribution in [2.75, 3.05) is 5.32 Å². The van der Waals surface area contributed by atoms with Crippen molar-refractivity contribution in [1.29, 1.82) is 0 Å². The van der Waals surface area contributed by atoms with Gasteiger partial charge >= 0.3 is 0 Å². The lowest BCUT2D eigenvalue weighted by molar-refractivity contribution is 0.102. The van der Waals surface area contributed by atoms with E-state index in [2.05, 4.69) is 15.5 Å². The molecule has 0 fully saturated rings. The van der Waals surface area contributed by atoms with Gasteiger partial charge in [-0.15, -0.1) is 10.2 Å². The Morgan fingerprint density at radius 3 is 2.59 bits per heavy atom. The molecule has 0 spiro atoms. The second-order valence-corrected chi connectivity index (χ2v) is 5.33. The fourth-order valence-corrected chi connectivity index (χ4v) is 2.55. The average Bonchev–Trinajstić information content (AvgIpc) is 2.99. The summed E-state index contributed by atoms with van der Waals surface area (Å²) in [7, 11) is 0. The molecule has 110 valence electrons. The summed E-state index contributed by atoms with van der Waals surface area (Å²) in [5.41, 5.74) is 0.480. The first-order valence-electron chi connectivity index (χ1n) is 6.29. The fourth-order valence-electron chi connectivity index (χ4n) is 1.81. The fraction of sp³-hybridized carbons (Fsp3) is 0. The normalized spacial score (nSPS) is 10.5. The van der Waals surface area contributed by atoms with Crippen LogP contribution in [0.15, 0.2) is 48.5 Å². The van der Waals surface area contributed by atoms with Crippen LogP contribution in [0.2, 0.25) is 0 Å². The van der Waals surface area contributed by atoms with E-state index in [4.69, 9.17) is 0 Å². The SMILES string of the molecule is O=C(Nc1nnc(-c2ccccc2)s1)c1cc(F)ccc1F. The zero-order chi connectivity index (χ0) is 15.5. The third-order valence-electron chi connectivity index (χ3n) is 2.84. The minimum Gasteiger partial charge on any atom is -0.296 e. The maximum absolute atomic E-state index is 13.5. The van der Waals surface area contributed by atoms with Gasteiger partial charge in [0, 0.05) is 5.56 Å². The molecule has 1 N–H and O–H groups in total. The highest BCUT2D eigenvalue weighted by molar-refractivity contribution is 7.18. The smallest absolute Gasteiger partial charge is 0.260 e. The molecule has 0 unspecified atom stereocenters. The van der Waals surface area contributed by atoms with Crippen molar-refractivity contribution in [2.45, 2.75) is 0 Å². The minimum atomic E-state index is -0.799. The molecule has 2 aromatic carbocycles. The molecule has 0 bridgehead atoms. The molecule has 1 heterocycles. The predicted molar refractivity (Wildman–Crippen MR) is 79.7 cm³/mol. The van der Waals surface area contributed by atoms with Crippen molar-refractivity contribution in [2.24, 2.45) is 0 Å². The molecule has 1 aromatic heterocycles. The topological polar surface area (TPSA) is 54.9 Å². The zero-order valence-electron chi connectivity index (χ0n) is 11.1. The summed E-state index contributed by atoms with van der Waals surface area (Å²) in [5.74, 6) is -2.26. The number of rotatable bonds is 3. The van der Waals surface area contributed by atoms with E-state index in [1.165, 1.54) is 0 Å². The van der Waals surface area contributed by atoms with E-state index in [0.29, 0.717) is 5.01 Å². The summed E-state index contributed by atoms with van der Waals surface area (Å²) in [6, 6.07) is 12.0. The van der Waals surface area contributed by atoms with E-state index in [1.54, 1.807) is 0 Å². The van der Waals surface area contributed by atoms with E-state index in [-0.39, 0.29) is 10.7 Å². The third kappa shape index (κ3) is 2.99. The van der Waals surface area contributed by atoms with E-state index in [0.717, 1.165) is 35.1 Å². The van der Waals surface area contributed by atoms with Gasteiger partial charge in [0.25, 0.3) is 5.91 Å². The van der Waals surface area contributed by atoms with Crippen LogP contribution >= 0.6 is 11.3 Å². The summed E-state index contributed by atoms with van der Waals surface area (Å²) in [6.45, 7) is 0. The Kier molecular flexibility index (Phi) is 3.88. The predicted octanol–water partition coefficient (Wildman–Crippen LogP) is 3.74. The number of anilines is 1. The van der Waals surface area contributed by atoms with Crippen LogP contribution in [0.5, 0.6) is 0 Å². The van der Waals surface area contributed by atoms with Crippen molar-refractivity contribution in [3.8, 4) is 10.6 Å². The molecule has 0 atom stereocenters. The molecule has 0 radical (unpaired) electrons. The van der Waals surface area contributed by atoms with Gasteiger partial charge in [0.2, 0.25) is 5.13 Å². The van der Waals surface area contributed by atoms with Gasteiger partial charge in [-0.2, -0.15) is 0 Å². The Morgan fingerprint density at radius 2 is 1.82 bits per heavy atom. The van der Waals surface area contributed by atoms with Gasteiger partial charge < -0.3 is 0 Å². The molecule has 0 saturated heterocycles. The van der Waals surface area contributed by atoms with Gasteiger partial charge in [-0.3, -0.25) is 10.1 Å². The highest BCUT2D eigenvalue weighted by atomic mass is 32.1. The van der Waals surface area contributed by atoms with Crippen LogP contribution in [0.25, 0.3) is 10.6 Å². The lowest BCUT2D eigenvalue weighted by Crippen LogP contribution is -2.13. The second kappa shape index (κ2) is 5.98. The maximum Gasteiger partial charge on any atom is 0.260 e. The van der Waals surface area contributed by atoms with Crippen LogP contribution in [0.4, 0.5) is 13.9 Å². The molecular formula is C15H9F2N3OS. The summed E-state index contributed by atoms with van der Waals surface area (Å²) >= 11 is 1.15. The summed E-state index contributed by atoms with van der Waals surface area (Å²) in [4.78, 5) is 12.0. The first-order valence-corrected chi connectivity index (χ1v) is 7.10. The van der Waals surface area contributed by atoms with Gasteiger partial charge in [0.15, 0.2) is 0 Å². The standard InChI is InChI=1S/C15H9F2N3OS/c16-10-6-7-12(17)11(8-10)13(21)18-15-20-19-14(22-15)9-4-2-1-3-5-9/h1-8H,(H,18,20,21). The second-order valence-electron chi connectivity index (χ2n) is 4.36. The van der Waals surface area contributed by atoms with E-state index in [1.807, 2.05) is 30.3 Å². The lowest BCUT2D eigenvalue weighted by Gasteiger charge is -2.02. The Balaban J connectivity index is 1.81. The molecule has 7 heteroatoms. The monoisotopic (exact) mass is 317 g/mol. The lowest BCUT2D eigenvalue weighted by atomic mass is 10.2. The Bertz CT molecular complexity index is 821. The quantitative estimate of drug-likeness (QED) is 0.800. The van der Waals surface area contributed by atoms with Crippen LogP contribution < -0.4 is 5.32 Å². The molecular weight excluding hydrogens is 308 g/mol. The van der Waals surface area contributed by atoms with E-state index < -0.39 is 17.5 Å². The number of carbonyl (C=O) groups excluding carboxylic acids is 1. The summed E-state index contributed by atoms with van der Waals surface area (Å²) in [5, 5.41) is 11.0. The third-order valence-corrected chi connectivity index (χ3v) is 3.73. The number of carbonyl (C=O) groups is 1. The Morgan fingerprint density at radius 1 is 1.05 bits per heavy atom. The van der Waals surface area contributed by atoms with Gasteiger partial charge in [-0.25, -0.2) is 8.78 Å². The number of benzene rings is 2. The van der Waals surface area contributed by atoms with Gasteiger partial charge in [0.1, 0.15) is 16.6 Å². The van der Waals surface area contributed by atoms with Crippen molar-refractivity contribution in [3.05, 3.63) is 65.7 Å². The molecule has 22 heavy (non-hydrogen) atoms. The van der Waals surface area contributed by atoms with Crippen LogP contribution in [0.1, 0.15) is 10.4 Å². The number of aromatic nitrogens is 2. The molecule has 0 aliphatic carbocycles. The highest BCUT2D eigenvalue weighted by Gasteiger charge is 2.15. The molecule has 0 aliphatic heterocycles. The van der Waals surface area contributed by atoms with Gasteiger partial charge in [-0.1, -0.05) is 41.7 Å². The zero-order valence-corrected chi connectivity index (χ0v) is 11.9. The van der Waals surface area contributed by atoms with Crippen molar-refractivity contribution >= 4 is 22.4 Å². The summed E-state index contributed by atoms with van der Waals surface area (Å²) < 4.78 is 26.6. The minimum absolute atomic E-state index is 0.215. The first-order chi connectivity index (χ1) is 10.6. The molecule has 0 aliphatic rings. The number of halogens is 2. The molecule has 4 nitrogen and oxygen atoms in total. The van der Waals surface area contributed by atoms with Gasteiger partial charge in [0.05, 0.1) is 5.56 Å². The number of hydrogen-bond acceptors (Lipinski definition) is 4. The van der Waals surface area contributed by atoms with Crippen LogP contribution in [-0.4, -0.2) is 16.1 Å². The summed E-state index contributed by atoms with van der Waals surface area (Å²) in [6.07, 6.45) is 0. The molecule has 0 saturated carbocycles. The number of nitrogens with one attached hydrogen (secondary N) is 1. The van der Waals surface area contributed by atoms with Crippen LogP contribution in [0, 0.1) is 11.6 Å². The van der Waals surface area contributed by atoms with E-state index in [9.17, 15) is 13.6 Å².